The van der Waals surface area contributed by atoms with Gasteiger partial charge in [0.15, 0.2) is 10.6 Å². The third kappa shape index (κ3) is 5.30. The fraction of sp³-hybridized carbons (Fsp3) is 0.519. The van der Waals surface area contributed by atoms with Crippen LogP contribution in [0.5, 0.6) is 0 Å². The van der Waals surface area contributed by atoms with Crippen molar-refractivity contribution >= 4 is 51.2 Å². The molecule has 2 aliphatic heterocycles. The zero-order valence-corrected chi connectivity index (χ0v) is 24.5. The number of hydrogen-bond donors (Lipinski definition) is 4. The van der Waals surface area contributed by atoms with Crippen molar-refractivity contribution in [2.75, 3.05) is 37.6 Å². The number of anilines is 1. The third-order valence-electron chi connectivity index (χ3n) is 7.88. The van der Waals surface area contributed by atoms with Crippen LogP contribution in [0.15, 0.2) is 22.3 Å². The molecular formula is C27H36ClN11S. The molecule has 1 unspecified atom stereocenters. The van der Waals surface area contributed by atoms with E-state index in [1.54, 1.807) is 6.20 Å². The lowest BCUT2D eigenvalue weighted by Gasteiger charge is -2.18. The number of halogens is 1. The molecular weight excluding hydrogens is 546 g/mol. The van der Waals surface area contributed by atoms with E-state index < -0.39 is 0 Å². The molecule has 6 rings (SSSR count). The van der Waals surface area contributed by atoms with Crippen molar-refractivity contribution in [2.45, 2.75) is 68.2 Å². The molecule has 0 spiro atoms. The van der Waals surface area contributed by atoms with E-state index in [9.17, 15) is 0 Å². The maximum atomic E-state index is 8.83. The summed E-state index contributed by atoms with van der Waals surface area (Å²) in [7, 11) is 0. The zero-order chi connectivity index (χ0) is 28.0. The molecule has 11 nitrogen and oxygen atoms in total. The van der Waals surface area contributed by atoms with Gasteiger partial charge in [-0.15, -0.1) is 0 Å². The summed E-state index contributed by atoms with van der Waals surface area (Å²) < 4.78 is 1.95. The average Bonchev–Trinajstić information content (AvgIpc) is 3.63. The maximum Gasteiger partial charge on any atom is 0.196 e. The second-order valence-corrected chi connectivity index (χ2v) is 12.2. The number of H-pyrrole nitrogens is 1. The number of likely N-dealkylation sites (tertiary alicyclic amines) is 1. The predicted molar refractivity (Wildman–Crippen MR) is 159 cm³/mol. The van der Waals surface area contributed by atoms with Crippen molar-refractivity contribution in [3.05, 3.63) is 34.3 Å². The number of nitrogens with one attached hydrogen (secondary N) is 2. The average molecular weight is 582 g/mol. The Morgan fingerprint density at radius 3 is 2.65 bits per heavy atom. The summed E-state index contributed by atoms with van der Waals surface area (Å²) in [5.74, 6) is 1.62. The van der Waals surface area contributed by atoms with Crippen LogP contribution in [0.4, 0.5) is 5.82 Å². The van der Waals surface area contributed by atoms with Gasteiger partial charge in [-0.05, 0) is 63.5 Å². The number of rotatable bonds is 8. The molecule has 4 aromatic heterocycles. The fourth-order valence-electron chi connectivity index (χ4n) is 5.75. The Kier molecular flexibility index (Phi) is 7.71. The minimum atomic E-state index is 0.115. The van der Waals surface area contributed by atoms with Crippen molar-refractivity contribution in [3.8, 4) is 0 Å². The van der Waals surface area contributed by atoms with Crippen molar-refractivity contribution < 1.29 is 0 Å². The lowest BCUT2D eigenvalue weighted by atomic mass is 10.3. The van der Waals surface area contributed by atoms with Gasteiger partial charge in [-0.25, -0.2) is 19.9 Å². The van der Waals surface area contributed by atoms with Crippen LogP contribution in [0, 0.1) is 12.3 Å². The van der Waals surface area contributed by atoms with Gasteiger partial charge in [-0.3, -0.25) is 5.41 Å². The van der Waals surface area contributed by atoms with E-state index in [2.05, 4.69) is 26.7 Å². The molecule has 13 heteroatoms. The second kappa shape index (κ2) is 11.2. The van der Waals surface area contributed by atoms with Crippen molar-refractivity contribution in [2.24, 2.45) is 11.5 Å². The largest absolute Gasteiger partial charge is 0.354 e. The predicted octanol–water partition coefficient (Wildman–Crippen LogP) is 2.82. The highest BCUT2D eigenvalue weighted by molar-refractivity contribution is 7.99. The van der Waals surface area contributed by atoms with Gasteiger partial charge >= 0.3 is 0 Å². The number of nitrogens with zero attached hydrogens (tertiary/aromatic N) is 7. The van der Waals surface area contributed by atoms with Crippen molar-refractivity contribution in [3.63, 3.8) is 0 Å². The summed E-state index contributed by atoms with van der Waals surface area (Å²) in [6.07, 6.45) is 5.47. The molecule has 2 atom stereocenters. The van der Waals surface area contributed by atoms with Gasteiger partial charge in [0.2, 0.25) is 0 Å². The first kappa shape index (κ1) is 27.4. The van der Waals surface area contributed by atoms with E-state index in [0.29, 0.717) is 26.7 Å². The van der Waals surface area contributed by atoms with Gasteiger partial charge in [0, 0.05) is 55.0 Å². The smallest absolute Gasteiger partial charge is 0.196 e. The molecule has 0 radical (unpaired) electrons. The Morgan fingerprint density at radius 1 is 1.12 bits per heavy atom. The van der Waals surface area contributed by atoms with E-state index in [0.717, 1.165) is 98.2 Å². The van der Waals surface area contributed by atoms with E-state index >= 15 is 0 Å². The van der Waals surface area contributed by atoms with Crippen LogP contribution in [-0.2, 0) is 13.0 Å². The highest BCUT2D eigenvalue weighted by atomic mass is 35.5. The van der Waals surface area contributed by atoms with Gasteiger partial charge in [0.25, 0.3) is 0 Å². The quantitative estimate of drug-likeness (QED) is 0.230. The number of aryl methyl sites for hydroxylation is 2. The molecule has 4 aromatic rings. The molecule has 6 N–H and O–H groups in total. The van der Waals surface area contributed by atoms with Crippen LogP contribution < -0.4 is 21.9 Å². The standard InChI is InChI=1S/C27H36ClN11S/c1-3-19-22(28)21-25(34-19)35-27(36-26(21)38-10-6-17(30)14-38)40-18-11-20-23(32-12-18)24(31)39(15(2)33-20)8-4-7-37-9-5-16(29)13-37/h11-12,16-17,31H,3-10,13-14,29-30H2,1-2H3,(H,34,35,36)/t16?,17-/m1/s1. The van der Waals surface area contributed by atoms with Crippen LogP contribution in [0.2, 0.25) is 5.02 Å². The third-order valence-corrected chi connectivity index (χ3v) is 9.13. The summed E-state index contributed by atoms with van der Waals surface area (Å²) in [5, 5.41) is 10.9. The van der Waals surface area contributed by atoms with Crippen LogP contribution in [0.25, 0.3) is 22.1 Å². The lowest BCUT2D eigenvalue weighted by molar-refractivity contribution is 0.319. The summed E-state index contributed by atoms with van der Waals surface area (Å²) in [6.45, 7) is 9.29. The number of nitrogens with two attached hydrogens (primary N) is 2. The monoisotopic (exact) mass is 581 g/mol. The number of aromatic nitrogens is 6. The Balaban J connectivity index is 1.27. The number of pyridine rings is 1. The van der Waals surface area contributed by atoms with E-state index in [1.807, 2.05) is 17.6 Å². The van der Waals surface area contributed by atoms with E-state index in [1.165, 1.54) is 11.8 Å². The van der Waals surface area contributed by atoms with Crippen molar-refractivity contribution in [1.29, 1.82) is 5.41 Å². The first-order valence-corrected chi connectivity index (χ1v) is 15.2. The molecule has 0 aliphatic carbocycles. The second-order valence-electron chi connectivity index (χ2n) is 10.8. The molecule has 0 aromatic carbocycles. The molecule has 40 heavy (non-hydrogen) atoms. The van der Waals surface area contributed by atoms with Crippen molar-refractivity contribution in [1.82, 2.24) is 34.4 Å². The molecule has 2 saturated heterocycles. The summed E-state index contributed by atoms with van der Waals surface area (Å²) in [5.41, 5.74) is 15.6. The van der Waals surface area contributed by atoms with Gasteiger partial charge in [-0.2, -0.15) is 0 Å². The van der Waals surface area contributed by atoms with Crippen LogP contribution in [0.1, 0.15) is 37.7 Å². The number of fused-ring (bicyclic) bond motifs is 2. The van der Waals surface area contributed by atoms with Crippen LogP contribution in [0.3, 0.4) is 0 Å². The maximum absolute atomic E-state index is 8.83. The lowest BCUT2D eigenvalue weighted by Crippen LogP contribution is -2.30. The highest BCUT2D eigenvalue weighted by Gasteiger charge is 2.26. The minimum Gasteiger partial charge on any atom is -0.354 e. The van der Waals surface area contributed by atoms with Crippen LogP contribution in [-0.4, -0.2) is 79.2 Å². The van der Waals surface area contributed by atoms with Gasteiger partial charge in [0.1, 0.15) is 22.8 Å². The van der Waals surface area contributed by atoms with Gasteiger partial charge in [-0.1, -0.05) is 18.5 Å². The van der Waals surface area contributed by atoms with Gasteiger partial charge < -0.3 is 30.8 Å². The van der Waals surface area contributed by atoms with E-state index in [-0.39, 0.29) is 12.1 Å². The Morgan fingerprint density at radius 2 is 1.93 bits per heavy atom. The van der Waals surface area contributed by atoms with Gasteiger partial charge in [0.05, 0.1) is 15.9 Å². The topological polar surface area (TPSA) is 155 Å². The summed E-state index contributed by atoms with van der Waals surface area (Å²) in [4.78, 5) is 28.0. The molecule has 2 fully saturated rings. The van der Waals surface area contributed by atoms with E-state index in [4.69, 9.17) is 43.4 Å². The number of aromatic amines is 1. The Labute approximate surface area is 242 Å². The minimum absolute atomic E-state index is 0.115. The zero-order valence-electron chi connectivity index (χ0n) is 23.0. The molecule has 6 heterocycles. The first-order valence-electron chi connectivity index (χ1n) is 14.0. The van der Waals surface area contributed by atoms with Crippen LogP contribution >= 0.6 is 23.4 Å². The fourth-order valence-corrected chi connectivity index (χ4v) is 6.86. The summed E-state index contributed by atoms with van der Waals surface area (Å²) in [6, 6.07) is 2.36. The molecule has 212 valence electrons. The molecule has 0 amide bonds. The first-order chi connectivity index (χ1) is 19.3. The molecule has 0 bridgehead atoms. The molecule has 0 saturated carbocycles. The Hall–Kier alpha value is -2.77. The summed E-state index contributed by atoms with van der Waals surface area (Å²) >= 11 is 8.17. The SMILES string of the molecule is CCc1[nH]c2nc(Sc3cnc4c(=N)n(CCCN5CCC(N)C5)c(C)nc4c3)nc(N3CC[C@@H](N)C3)c2c1Cl. The number of hydrogen-bond acceptors (Lipinski definition) is 10. The Bertz CT molecular complexity index is 1620. The molecule has 2 aliphatic rings. The highest BCUT2D eigenvalue weighted by Crippen LogP contribution is 2.37. The normalized spacial score (nSPS) is 20.0.